The van der Waals surface area contributed by atoms with E-state index < -0.39 is 12.1 Å². The number of rotatable bonds is 63. The molecule has 0 aliphatic carbocycles. The molecule has 0 aromatic rings. The molecule has 0 aliphatic rings. The summed E-state index contributed by atoms with van der Waals surface area (Å²) >= 11 is 0. The zero-order valence-corrected chi connectivity index (χ0v) is 50.1. The molecule has 0 aromatic heterocycles. The molecule has 0 saturated heterocycles. The predicted octanol–water partition coefficient (Wildman–Crippen LogP) is 21.4. The van der Waals surface area contributed by atoms with E-state index >= 15 is 0 Å². The van der Waals surface area contributed by atoms with Gasteiger partial charge in [-0.25, -0.2) is 0 Å². The van der Waals surface area contributed by atoms with Gasteiger partial charge in [0.2, 0.25) is 5.91 Å². The van der Waals surface area contributed by atoms with Gasteiger partial charge in [0, 0.05) is 12.8 Å². The Morgan fingerprint density at radius 1 is 0.365 bits per heavy atom. The zero-order valence-electron chi connectivity index (χ0n) is 50.1. The number of carbonyl (C=O) groups is 2. The van der Waals surface area contributed by atoms with E-state index in [1.54, 1.807) is 6.08 Å². The molecule has 0 fully saturated rings. The van der Waals surface area contributed by atoms with Gasteiger partial charge in [-0.3, -0.25) is 9.59 Å². The third-order valence-electron chi connectivity index (χ3n) is 15.7. The van der Waals surface area contributed by atoms with Crippen molar-refractivity contribution in [3.63, 3.8) is 0 Å². The van der Waals surface area contributed by atoms with Crippen molar-refractivity contribution in [1.82, 2.24) is 5.32 Å². The Balaban J connectivity index is 3.31. The van der Waals surface area contributed by atoms with E-state index in [9.17, 15) is 19.8 Å². The number of hydrogen-bond acceptors (Lipinski definition) is 5. The second-order valence-electron chi connectivity index (χ2n) is 23.2. The van der Waals surface area contributed by atoms with Gasteiger partial charge in [-0.05, 0) is 57.8 Å². The summed E-state index contributed by atoms with van der Waals surface area (Å²) in [5, 5.41) is 23.0. The monoisotopic (exact) mass is 1040 g/mol. The van der Waals surface area contributed by atoms with Gasteiger partial charge in [-0.15, -0.1) is 0 Å². The van der Waals surface area contributed by atoms with Crippen LogP contribution in [0.5, 0.6) is 0 Å². The molecule has 2 unspecified atom stereocenters. The SMILES string of the molecule is CCCCCCCCC/C=C/C(O)C(CO)NC(=O)CCCCCCCCCCCCCCCCCCC/C=C\CCCCCCCCCCCCCCCCOC(=O)CCCCCCCCCCCCCCC. The molecule has 6 heteroatoms. The molecule has 3 N–H and O–H groups in total. The molecule has 0 radical (unpaired) electrons. The number of aliphatic hydroxyl groups is 2. The van der Waals surface area contributed by atoms with Crippen LogP contribution in [0.1, 0.15) is 373 Å². The van der Waals surface area contributed by atoms with Gasteiger partial charge < -0.3 is 20.3 Å². The summed E-state index contributed by atoms with van der Waals surface area (Å²) in [6.07, 6.45) is 79.9. The van der Waals surface area contributed by atoms with E-state index in [4.69, 9.17) is 4.74 Å². The fourth-order valence-electron chi connectivity index (χ4n) is 10.6. The van der Waals surface area contributed by atoms with Crippen LogP contribution in [0.4, 0.5) is 0 Å². The van der Waals surface area contributed by atoms with Crippen molar-refractivity contribution in [1.29, 1.82) is 0 Å². The van der Waals surface area contributed by atoms with E-state index in [1.165, 1.54) is 308 Å². The van der Waals surface area contributed by atoms with Crippen molar-refractivity contribution in [2.24, 2.45) is 0 Å². The number of hydrogen-bond donors (Lipinski definition) is 3. The minimum Gasteiger partial charge on any atom is -0.466 e. The van der Waals surface area contributed by atoms with Gasteiger partial charge in [0.25, 0.3) is 0 Å². The van der Waals surface area contributed by atoms with Crippen LogP contribution in [0.3, 0.4) is 0 Å². The second kappa shape index (κ2) is 63.9. The number of carbonyl (C=O) groups excluding carboxylic acids is 2. The van der Waals surface area contributed by atoms with Gasteiger partial charge >= 0.3 is 5.97 Å². The molecule has 438 valence electrons. The first-order valence-electron chi connectivity index (χ1n) is 33.6. The predicted molar refractivity (Wildman–Crippen MR) is 324 cm³/mol. The lowest BCUT2D eigenvalue weighted by Crippen LogP contribution is -2.45. The molecule has 0 aromatic carbocycles. The largest absolute Gasteiger partial charge is 0.466 e. The Kier molecular flexibility index (Phi) is 62.4. The van der Waals surface area contributed by atoms with Crippen molar-refractivity contribution >= 4 is 11.9 Å². The van der Waals surface area contributed by atoms with E-state index in [0.29, 0.717) is 19.4 Å². The summed E-state index contributed by atoms with van der Waals surface area (Å²) < 4.78 is 5.49. The third-order valence-corrected chi connectivity index (χ3v) is 15.7. The fourth-order valence-corrected chi connectivity index (χ4v) is 10.6. The molecular weight excluding hydrogens is 911 g/mol. The molecule has 74 heavy (non-hydrogen) atoms. The highest BCUT2D eigenvalue weighted by atomic mass is 16.5. The summed E-state index contributed by atoms with van der Waals surface area (Å²) in [6, 6.07) is -0.622. The van der Waals surface area contributed by atoms with E-state index in [-0.39, 0.29) is 18.5 Å². The summed E-state index contributed by atoms with van der Waals surface area (Å²) in [5.41, 5.74) is 0. The van der Waals surface area contributed by atoms with Crippen molar-refractivity contribution in [3.05, 3.63) is 24.3 Å². The van der Waals surface area contributed by atoms with Crippen LogP contribution < -0.4 is 5.32 Å². The first-order chi connectivity index (χ1) is 36.5. The smallest absolute Gasteiger partial charge is 0.305 e. The molecule has 0 spiro atoms. The lowest BCUT2D eigenvalue weighted by molar-refractivity contribution is -0.143. The first-order valence-corrected chi connectivity index (χ1v) is 33.6. The van der Waals surface area contributed by atoms with Crippen LogP contribution in [0.15, 0.2) is 24.3 Å². The van der Waals surface area contributed by atoms with Gasteiger partial charge in [0.05, 0.1) is 25.4 Å². The Labute approximate surface area is 462 Å². The maximum absolute atomic E-state index is 12.4. The maximum atomic E-state index is 12.4. The van der Waals surface area contributed by atoms with E-state index in [0.717, 1.165) is 38.5 Å². The highest BCUT2D eigenvalue weighted by molar-refractivity contribution is 5.76. The zero-order chi connectivity index (χ0) is 53.6. The Bertz CT molecular complexity index is 1150. The summed E-state index contributed by atoms with van der Waals surface area (Å²) in [4.78, 5) is 24.4. The molecule has 6 nitrogen and oxygen atoms in total. The average molecular weight is 1040 g/mol. The molecular formula is C68H131NO5. The maximum Gasteiger partial charge on any atom is 0.305 e. The van der Waals surface area contributed by atoms with Crippen LogP contribution in [-0.4, -0.2) is 47.4 Å². The number of esters is 1. The van der Waals surface area contributed by atoms with Crippen LogP contribution >= 0.6 is 0 Å². The molecule has 2 atom stereocenters. The van der Waals surface area contributed by atoms with Crippen molar-refractivity contribution in [3.8, 4) is 0 Å². The normalized spacial score (nSPS) is 12.6. The van der Waals surface area contributed by atoms with Crippen LogP contribution in [-0.2, 0) is 14.3 Å². The number of ether oxygens (including phenoxy) is 1. The van der Waals surface area contributed by atoms with Crippen molar-refractivity contribution in [2.45, 2.75) is 386 Å². The number of allylic oxidation sites excluding steroid dienone is 3. The minimum absolute atomic E-state index is 0.0218. The lowest BCUT2D eigenvalue weighted by atomic mass is 10.0. The molecule has 1 amide bonds. The first kappa shape index (κ1) is 72.3. The Morgan fingerprint density at radius 2 is 0.635 bits per heavy atom. The van der Waals surface area contributed by atoms with Crippen LogP contribution in [0, 0.1) is 0 Å². The quantitative estimate of drug-likeness (QED) is 0.0320. The van der Waals surface area contributed by atoms with Crippen LogP contribution in [0.2, 0.25) is 0 Å². The molecule has 0 saturated carbocycles. The summed E-state index contributed by atoms with van der Waals surface area (Å²) in [6.45, 7) is 4.90. The van der Waals surface area contributed by atoms with Gasteiger partial charge in [-0.2, -0.15) is 0 Å². The van der Waals surface area contributed by atoms with Crippen molar-refractivity contribution in [2.75, 3.05) is 13.2 Å². The standard InChI is InChI=1S/C68H131NO5/c1-3-5-7-9-11-13-14-38-42-46-50-54-58-62-68(73)74-63-59-55-51-47-43-40-37-35-33-31-29-27-25-23-21-19-17-15-16-18-20-22-24-26-28-30-32-34-36-39-41-45-49-53-57-61-67(72)69-65(64-70)66(71)60-56-52-48-44-12-10-8-6-4-2/h17,19,56,60,65-66,70-71H,3-16,18,20-55,57-59,61-64H2,1-2H3,(H,69,72)/b19-17-,60-56+. The third kappa shape index (κ3) is 59.6. The molecule has 0 rings (SSSR count). The molecule has 0 bridgehead atoms. The summed E-state index contributed by atoms with van der Waals surface area (Å²) in [5.74, 6) is -0.0440. The van der Waals surface area contributed by atoms with Gasteiger partial charge in [-0.1, -0.05) is 327 Å². The van der Waals surface area contributed by atoms with Crippen LogP contribution in [0.25, 0.3) is 0 Å². The number of nitrogens with one attached hydrogen (secondary N) is 1. The topological polar surface area (TPSA) is 95.9 Å². The van der Waals surface area contributed by atoms with Gasteiger partial charge in [0.15, 0.2) is 0 Å². The van der Waals surface area contributed by atoms with Gasteiger partial charge in [0.1, 0.15) is 0 Å². The highest BCUT2D eigenvalue weighted by Gasteiger charge is 2.18. The Hall–Kier alpha value is -1.66. The number of amides is 1. The Morgan fingerprint density at radius 3 is 0.959 bits per heavy atom. The van der Waals surface area contributed by atoms with Crippen molar-refractivity contribution < 1.29 is 24.5 Å². The molecule has 0 heterocycles. The summed E-state index contributed by atoms with van der Waals surface area (Å²) in [7, 11) is 0. The number of aliphatic hydroxyl groups excluding tert-OH is 2. The average Bonchev–Trinajstić information content (AvgIpc) is 3.40. The minimum atomic E-state index is -0.839. The van der Waals surface area contributed by atoms with E-state index in [1.807, 2.05) is 6.08 Å². The lowest BCUT2D eigenvalue weighted by Gasteiger charge is -2.20. The number of unbranched alkanes of at least 4 members (excludes halogenated alkanes) is 50. The molecule has 0 aliphatic heterocycles. The van der Waals surface area contributed by atoms with E-state index in [2.05, 4.69) is 31.3 Å². The fraction of sp³-hybridized carbons (Fsp3) is 0.912. The second-order valence-corrected chi connectivity index (χ2v) is 23.2. The highest BCUT2D eigenvalue weighted by Crippen LogP contribution is 2.18.